The Balaban J connectivity index is 3.19. The van der Waals surface area contributed by atoms with E-state index in [1.165, 1.54) is 11.3 Å². The minimum Gasteiger partial charge on any atom is -0.381 e. The van der Waals surface area contributed by atoms with Crippen molar-refractivity contribution in [2.75, 3.05) is 33.4 Å². The van der Waals surface area contributed by atoms with Crippen molar-refractivity contribution >= 4 is 0 Å². The van der Waals surface area contributed by atoms with Gasteiger partial charge in [0.1, 0.15) is 0 Å². The smallest absolute Gasteiger partial charge is 0.0659 e. The fourth-order valence-corrected chi connectivity index (χ4v) is 3.72. The predicted molar refractivity (Wildman–Crippen MR) is 97.4 cm³/mol. The first kappa shape index (κ1) is 20.2. The molecule has 0 radical (unpaired) electrons. The Hall–Kier alpha value is -0.840. The summed E-state index contributed by atoms with van der Waals surface area (Å²) in [6.07, 6.45) is 4.06. The maximum atomic E-state index is 5.81. The van der Waals surface area contributed by atoms with Crippen LogP contribution in [0.5, 0.6) is 0 Å². The Bertz CT molecular complexity index is 398. The van der Waals surface area contributed by atoms with Crippen LogP contribution in [0.1, 0.15) is 47.5 Å². The SMILES string of the molecule is C=CN/C(=C(/C)[C@@](C)(CC)C(CC)OC)C(C)N1CCOCC1. The average molecular weight is 325 g/mol. The first-order valence-corrected chi connectivity index (χ1v) is 8.89. The lowest BCUT2D eigenvalue weighted by Gasteiger charge is -2.41. The molecule has 1 fully saturated rings. The monoisotopic (exact) mass is 324 g/mol. The molecule has 23 heavy (non-hydrogen) atoms. The van der Waals surface area contributed by atoms with Crippen molar-refractivity contribution < 1.29 is 9.47 Å². The summed E-state index contributed by atoms with van der Waals surface area (Å²) in [4.78, 5) is 2.47. The fourth-order valence-electron chi connectivity index (χ4n) is 3.72. The lowest BCUT2D eigenvalue weighted by molar-refractivity contribution is 0.00846. The molecule has 1 saturated heterocycles. The number of morpholine rings is 1. The minimum atomic E-state index is 0.00932. The Morgan fingerprint density at radius 3 is 2.43 bits per heavy atom. The summed E-state index contributed by atoms with van der Waals surface area (Å²) >= 11 is 0. The van der Waals surface area contributed by atoms with E-state index in [1.54, 1.807) is 6.20 Å². The van der Waals surface area contributed by atoms with Crippen molar-refractivity contribution in [1.82, 2.24) is 10.2 Å². The number of ether oxygens (including phenoxy) is 2. The summed E-state index contributed by atoms with van der Waals surface area (Å²) in [7, 11) is 1.82. The van der Waals surface area contributed by atoms with E-state index < -0.39 is 0 Å². The Labute approximate surface area is 142 Å². The van der Waals surface area contributed by atoms with Crippen molar-refractivity contribution in [2.45, 2.75) is 59.6 Å². The molecule has 1 rings (SSSR count). The van der Waals surface area contributed by atoms with Crippen molar-refractivity contribution in [3.63, 3.8) is 0 Å². The lowest BCUT2D eigenvalue weighted by Crippen LogP contribution is -2.46. The van der Waals surface area contributed by atoms with Crippen LogP contribution < -0.4 is 5.32 Å². The van der Waals surface area contributed by atoms with E-state index in [4.69, 9.17) is 9.47 Å². The third-order valence-electron chi connectivity index (χ3n) is 5.63. The fraction of sp³-hybridized carbons (Fsp3) is 0.789. The largest absolute Gasteiger partial charge is 0.381 e. The van der Waals surface area contributed by atoms with E-state index in [9.17, 15) is 0 Å². The zero-order chi connectivity index (χ0) is 17.5. The van der Waals surface area contributed by atoms with Gasteiger partial charge >= 0.3 is 0 Å². The highest BCUT2D eigenvalue weighted by molar-refractivity contribution is 5.25. The van der Waals surface area contributed by atoms with Crippen LogP contribution in [0.4, 0.5) is 0 Å². The van der Waals surface area contributed by atoms with E-state index in [0.29, 0.717) is 6.04 Å². The maximum absolute atomic E-state index is 5.81. The van der Waals surface area contributed by atoms with E-state index in [0.717, 1.165) is 39.1 Å². The molecule has 1 aliphatic heterocycles. The summed E-state index contributed by atoms with van der Waals surface area (Å²) in [6, 6.07) is 0.317. The van der Waals surface area contributed by atoms with Crippen molar-refractivity contribution in [2.24, 2.45) is 5.41 Å². The number of rotatable bonds is 9. The highest BCUT2D eigenvalue weighted by Crippen LogP contribution is 2.39. The third kappa shape index (κ3) is 4.59. The molecule has 0 spiro atoms. The molecule has 1 N–H and O–H groups in total. The van der Waals surface area contributed by atoms with Crippen LogP contribution in [0.3, 0.4) is 0 Å². The van der Waals surface area contributed by atoms with Gasteiger partial charge in [-0.05, 0) is 38.5 Å². The van der Waals surface area contributed by atoms with E-state index in [1.807, 2.05) is 7.11 Å². The summed E-state index contributed by atoms with van der Waals surface area (Å²) in [5.74, 6) is 0. The number of nitrogens with one attached hydrogen (secondary N) is 1. The standard InChI is InChI=1S/C19H36N2O2/c1-8-17(22-7)19(6,9-2)15(4)18(20-10-3)16(5)21-11-13-23-14-12-21/h10,16-17,20H,3,8-9,11-14H2,1-2,4-7H3/b18-15-/t16?,17?,19-/m1/s1. The normalized spacial score (nSPS) is 22.7. The van der Waals surface area contributed by atoms with Crippen LogP contribution in [0, 0.1) is 5.41 Å². The van der Waals surface area contributed by atoms with Gasteiger partial charge in [-0.25, -0.2) is 0 Å². The molecule has 0 aromatic rings. The van der Waals surface area contributed by atoms with E-state index in [-0.39, 0.29) is 11.5 Å². The molecule has 0 saturated carbocycles. The highest BCUT2D eigenvalue weighted by atomic mass is 16.5. The van der Waals surface area contributed by atoms with Gasteiger partial charge in [0, 0.05) is 37.4 Å². The number of hydrogen-bond donors (Lipinski definition) is 1. The summed E-state index contributed by atoms with van der Waals surface area (Å²) in [5, 5.41) is 3.43. The number of methoxy groups -OCH3 is 1. The molecule has 0 aromatic carbocycles. The first-order valence-electron chi connectivity index (χ1n) is 8.89. The second-order valence-electron chi connectivity index (χ2n) is 6.62. The van der Waals surface area contributed by atoms with Gasteiger partial charge in [-0.3, -0.25) is 4.90 Å². The second kappa shape index (κ2) is 9.45. The Morgan fingerprint density at radius 2 is 2.00 bits per heavy atom. The minimum absolute atomic E-state index is 0.00932. The van der Waals surface area contributed by atoms with Gasteiger partial charge < -0.3 is 14.8 Å². The topological polar surface area (TPSA) is 33.7 Å². The molecular formula is C19H36N2O2. The zero-order valence-electron chi connectivity index (χ0n) is 15.9. The molecule has 0 aromatic heterocycles. The first-order chi connectivity index (χ1) is 11.0. The van der Waals surface area contributed by atoms with Crippen LogP contribution in [0.2, 0.25) is 0 Å². The van der Waals surface area contributed by atoms with Gasteiger partial charge in [-0.2, -0.15) is 0 Å². The number of nitrogens with zero attached hydrogens (tertiary/aromatic N) is 1. The average Bonchev–Trinajstić information content (AvgIpc) is 2.60. The van der Waals surface area contributed by atoms with Crippen LogP contribution in [-0.4, -0.2) is 50.5 Å². The van der Waals surface area contributed by atoms with Crippen molar-refractivity contribution in [3.05, 3.63) is 24.0 Å². The molecule has 0 bridgehead atoms. The molecule has 0 aliphatic carbocycles. The molecule has 4 heteroatoms. The second-order valence-corrected chi connectivity index (χ2v) is 6.62. The summed E-state index contributed by atoms with van der Waals surface area (Å²) in [6.45, 7) is 18.7. The van der Waals surface area contributed by atoms with Crippen LogP contribution in [0.15, 0.2) is 24.0 Å². The Kier molecular flexibility index (Phi) is 8.31. The number of hydrogen-bond acceptors (Lipinski definition) is 4. The molecule has 3 atom stereocenters. The van der Waals surface area contributed by atoms with Gasteiger partial charge in [-0.1, -0.05) is 27.4 Å². The molecule has 1 heterocycles. The van der Waals surface area contributed by atoms with E-state index in [2.05, 4.69) is 51.4 Å². The third-order valence-corrected chi connectivity index (χ3v) is 5.63. The van der Waals surface area contributed by atoms with Crippen molar-refractivity contribution in [1.29, 1.82) is 0 Å². The van der Waals surface area contributed by atoms with Gasteiger partial charge in [0.15, 0.2) is 0 Å². The van der Waals surface area contributed by atoms with Gasteiger partial charge in [0.25, 0.3) is 0 Å². The van der Waals surface area contributed by atoms with Gasteiger partial charge in [-0.15, -0.1) is 0 Å². The van der Waals surface area contributed by atoms with E-state index >= 15 is 0 Å². The zero-order valence-corrected chi connectivity index (χ0v) is 15.9. The van der Waals surface area contributed by atoms with Gasteiger partial charge in [0.05, 0.1) is 19.3 Å². The molecule has 2 unspecified atom stereocenters. The molecule has 1 aliphatic rings. The highest BCUT2D eigenvalue weighted by Gasteiger charge is 2.36. The van der Waals surface area contributed by atoms with Crippen LogP contribution in [-0.2, 0) is 9.47 Å². The predicted octanol–water partition coefficient (Wildman–Crippen LogP) is 3.56. The molecule has 0 amide bonds. The van der Waals surface area contributed by atoms with Crippen LogP contribution in [0.25, 0.3) is 0 Å². The molecular weight excluding hydrogens is 288 g/mol. The molecule has 134 valence electrons. The van der Waals surface area contributed by atoms with Gasteiger partial charge in [0.2, 0.25) is 0 Å². The lowest BCUT2D eigenvalue weighted by atomic mass is 9.73. The van der Waals surface area contributed by atoms with Crippen LogP contribution >= 0.6 is 0 Å². The Morgan fingerprint density at radius 1 is 1.39 bits per heavy atom. The summed E-state index contributed by atoms with van der Waals surface area (Å²) < 4.78 is 11.3. The summed E-state index contributed by atoms with van der Waals surface area (Å²) in [5.41, 5.74) is 2.63. The quantitative estimate of drug-likeness (QED) is 0.703. The molecule has 4 nitrogen and oxygen atoms in total. The maximum Gasteiger partial charge on any atom is 0.0659 e. The van der Waals surface area contributed by atoms with Crippen molar-refractivity contribution in [3.8, 4) is 0 Å².